The summed E-state index contributed by atoms with van der Waals surface area (Å²) in [6.07, 6.45) is 3.81. The minimum absolute atomic E-state index is 0.0203. The molecule has 0 radical (unpaired) electrons. The molecular weight excluding hydrogens is 258 g/mol. The van der Waals surface area contributed by atoms with Gasteiger partial charge >= 0.3 is 5.97 Å². The van der Waals surface area contributed by atoms with Gasteiger partial charge in [0.15, 0.2) is 0 Å². The average molecular weight is 277 g/mol. The fraction of sp³-hybridized carbons (Fsp3) is 0.467. The molecule has 2 rings (SSSR count). The first-order valence-corrected chi connectivity index (χ1v) is 6.91. The first-order valence-electron chi connectivity index (χ1n) is 6.91. The van der Waals surface area contributed by atoms with E-state index >= 15 is 0 Å². The lowest BCUT2D eigenvalue weighted by atomic mass is 10.0. The molecule has 0 bridgehead atoms. The molecule has 1 aliphatic rings. The number of aliphatic hydroxyl groups excluding tert-OH is 1. The van der Waals surface area contributed by atoms with Crippen LogP contribution in [0.5, 0.6) is 0 Å². The molecule has 2 atom stereocenters. The fourth-order valence-corrected chi connectivity index (χ4v) is 2.57. The summed E-state index contributed by atoms with van der Waals surface area (Å²) in [6, 6.07) is 5.81. The number of hydrogen-bond donors (Lipinski definition) is 3. The Morgan fingerprint density at radius 2 is 1.70 bits per heavy atom. The molecule has 1 aliphatic carbocycles. The minimum atomic E-state index is -1.13. The van der Waals surface area contributed by atoms with Crippen molar-refractivity contribution in [1.82, 2.24) is 5.32 Å². The van der Waals surface area contributed by atoms with Gasteiger partial charge in [-0.25, -0.2) is 4.79 Å². The van der Waals surface area contributed by atoms with Crippen LogP contribution in [0, 0.1) is 0 Å². The molecular formula is C15H19NO4. The number of aliphatic hydroxyl groups is 1. The van der Waals surface area contributed by atoms with Crippen LogP contribution in [0.3, 0.4) is 0 Å². The zero-order valence-corrected chi connectivity index (χ0v) is 11.2. The van der Waals surface area contributed by atoms with Gasteiger partial charge < -0.3 is 15.5 Å². The molecule has 0 spiro atoms. The normalized spacial score (nSPS) is 22.9. The van der Waals surface area contributed by atoms with Gasteiger partial charge in [-0.3, -0.25) is 4.79 Å². The Labute approximate surface area is 117 Å². The third-order valence-corrected chi connectivity index (χ3v) is 3.70. The van der Waals surface area contributed by atoms with Gasteiger partial charge in [0, 0.05) is 0 Å². The summed E-state index contributed by atoms with van der Waals surface area (Å²) in [6.45, 7) is 0. The smallest absolute Gasteiger partial charge is 0.336 e. The van der Waals surface area contributed by atoms with Crippen LogP contribution in [0.15, 0.2) is 24.3 Å². The zero-order chi connectivity index (χ0) is 14.5. The van der Waals surface area contributed by atoms with Crippen molar-refractivity contribution in [3.8, 4) is 0 Å². The Kier molecular flexibility index (Phi) is 4.74. The van der Waals surface area contributed by atoms with E-state index in [1.54, 1.807) is 12.1 Å². The summed E-state index contributed by atoms with van der Waals surface area (Å²) >= 11 is 0. The van der Waals surface area contributed by atoms with Crippen molar-refractivity contribution >= 4 is 11.9 Å². The first-order chi connectivity index (χ1) is 9.59. The third kappa shape index (κ3) is 3.36. The molecule has 0 heterocycles. The Bertz CT molecular complexity index is 500. The standard InChI is InChI=1S/C15H19NO4/c17-13-9-3-1-2-8-12(13)16-14(18)10-6-4-5-7-11(10)15(19)20/h4-7,12-13,17H,1-3,8-9H2,(H,16,18)(H,19,20). The lowest BCUT2D eigenvalue weighted by molar-refractivity contribution is 0.0687. The van der Waals surface area contributed by atoms with E-state index in [2.05, 4.69) is 5.32 Å². The van der Waals surface area contributed by atoms with E-state index < -0.39 is 18.0 Å². The number of benzene rings is 1. The second-order valence-electron chi connectivity index (χ2n) is 5.14. The number of rotatable bonds is 3. The monoisotopic (exact) mass is 277 g/mol. The van der Waals surface area contributed by atoms with E-state index in [4.69, 9.17) is 5.11 Å². The highest BCUT2D eigenvalue weighted by atomic mass is 16.4. The fourth-order valence-electron chi connectivity index (χ4n) is 2.57. The minimum Gasteiger partial charge on any atom is -0.478 e. The van der Waals surface area contributed by atoms with Gasteiger partial charge in [-0.15, -0.1) is 0 Å². The number of aromatic carboxylic acids is 1. The van der Waals surface area contributed by atoms with Crippen LogP contribution in [0.2, 0.25) is 0 Å². The number of nitrogens with one attached hydrogen (secondary N) is 1. The van der Waals surface area contributed by atoms with Crippen LogP contribution in [0.25, 0.3) is 0 Å². The molecule has 0 aromatic heterocycles. The third-order valence-electron chi connectivity index (χ3n) is 3.70. The Hall–Kier alpha value is -1.88. The van der Waals surface area contributed by atoms with Gasteiger partial charge in [0.1, 0.15) is 0 Å². The van der Waals surface area contributed by atoms with Gasteiger partial charge in [-0.2, -0.15) is 0 Å². The van der Waals surface area contributed by atoms with Gasteiger partial charge in [-0.1, -0.05) is 31.4 Å². The number of carbonyl (C=O) groups is 2. The molecule has 108 valence electrons. The maximum absolute atomic E-state index is 12.2. The summed E-state index contributed by atoms with van der Waals surface area (Å²) in [5, 5.41) is 21.8. The van der Waals surface area contributed by atoms with Crippen molar-refractivity contribution in [3.05, 3.63) is 35.4 Å². The molecule has 5 nitrogen and oxygen atoms in total. The summed E-state index contributed by atoms with van der Waals surface area (Å²) in [4.78, 5) is 23.3. The summed E-state index contributed by atoms with van der Waals surface area (Å²) in [7, 11) is 0. The molecule has 1 saturated carbocycles. The van der Waals surface area contributed by atoms with E-state index in [-0.39, 0.29) is 17.2 Å². The maximum atomic E-state index is 12.2. The zero-order valence-electron chi connectivity index (χ0n) is 11.2. The van der Waals surface area contributed by atoms with Crippen LogP contribution in [0.4, 0.5) is 0 Å². The number of hydrogen-bond acceptors (Lipinski definition) is 3. The number of carbonyl (C=O) groups excluding carboxylic acids is 1. The number of carboxylic acid groups (broad SMARTS) is 1. The summed E-state index contributed by atoms with van der Waals surface area (Å²) < 4.78 is 0. The predicted molar refractivity (Wildman–Crippen MR) is 73.7 cm³/mol. The number of amides is 1. The van der Waals surface area contributed by atoms with E-state index in [1.807, 2.05) is 0 Å². The molecule has 1 aromatic carbocycles. The van der Waals surface area contributed by atoms with Crippen molar-refractivity contribution in [2.24, 2.45) is 0 Å². The molecule has 1 fully saturated rings. The lowest BCUT2D eigenvalue weighted by Crippen LogP contribution is -2.43. The van der Waals surface area contributed by atoms with E-state index in [0.29, 0.717) is 6.42 Å². The number of carboxylic acids is 1. The van der Waals surface area contributed by atoms with Gasteiger partial charge in [-0.05, 0) is 25.0 Å². The molecule has 2 unspecified atom stereocenters. The largest absolute Gasteiger partial charge is 0.478 e. The van der Waals surface area contributed by atoms with E-state index in [9.17, 15) is 14.7 Å². The maximum Gasteiger partial charge on any atom is 0.336 e. The van der Waals surface area contributed by atoms with Crippen molar-refractivity contribution < 1.29 is 19.8 Å². The highest BCUT2D eigenvalue weighted by Crippen LogP contribution is 2.19. The van der Waals surface area contributed by atoms with Crippen LogP contribution in [-0.4, -0.2) is 34.2 Å². The highest BCUT2D eigenvalue weighted by Gasteiger charge is 2.25. The van der Waals surface area contributed by atoms with Crippen molar-refractivity contribution in [3.63, 3.8) is 0 Å². The Morgan fingerprint density at radius 3 is 2.40 bits per heavy atom. The quantitative estimate of drug-likeness (QED) is 0.735. The molecule has 1 amide bonds. The van der Waals surface area contributed by atoms with Gasteiger partial charge in [0.2, 0.25) is 0 Å². The Morgan fingerprint density at radius 1 is 1.05 bits per heavy atom. The molecule has 0 saturated heterocycles. The first kappa shape index (κ1) is 14.5. The second-order valence-corrected chi connectivity index (χ2v) is 5.14. The van der Waals surface area contributed by atoms with Gasteiger partial charge in [0.05, 0.1) is 23.3 Å². The summed E-state index contributed by atoms with van der Waals surface area (Å²) in [5.74, 6) is -1.56. The van der Waals surface area contributed by atoms with Crippen LogP contribution < -0.4 is 5.32 Å². The van der Waals surface area contributed by atoms with Crippen molar-refractivity contribution in [2.75, 3.05) is 0 Å². The average Bonchev–Trinajstić information content (AvgIpc) is 2.64. The van der Waals surface area contributed by atoms with E-state index in [1.165, 1.54) is 12.1 Å². The SMILES string of the molecule is O=C(O)c1ccccc1C(=O)NC1CCCCCC1O. The van der Waals surface area contributed by atoms with Crippen LogP contribution >= 0.6 is 0 Å². The van der Waals surface area contributed by atoms with E-state index in [0.717, 1.165) is 25.7 Å². The highest BCUT2D eigenvalue weighted by molar-refractivity contribution is 6.04. The topological polar surface area (TPSA) is 86.6 Å². The lowest BCUT2D eigenvalue weighted by Gasteiger charge is -2.22. The molecule has 5 heteroatoms. The molecule has 20 heavy (non-hydrogen) atoms. The van der Waals surface area contributed by atoms with Crippen LogP contribution in [-0.2, 0) is 0 Å². The second kappa shape index (κ2) is 6.52. The molecule has 1 aromatic rings. The Balaban J connectivity index is 2.13. The predicted octanol–water partition coefficient (Wildman–Crippen LogP) is 1.81. The summed E-state index contributed by atoms with van der Waals surface area (Å²) in [5.41, 5.74) is 0.115. The van der Waals surface area contributed by atoms with Crippen molar-refractivity contribution in [1.29, 1.82) is 0 Å². The van der Waals surface area contributed by atoms with Gasteiger partial charge in [0.25, 0.3) is 5.91 Å². The van der Waals surface area contributed by atoms with Crippen LogP contribution in [0.1, 0.15) is 52.8 Å². The molecule has 0 aliphatic heterocycles. The molecule has 3 N–H and O–H groups in total. The van der Waals surface area contributed by atoms with Crippen molar-refractivity contribution in [2.45, 2.75) is 44.2 Å².